The lowest BCUT2D eigenvalue weighted by molar-refractivity contribution is -0.122. The average molecular weight is 473 g/mol. The zero-order valence-electron chi connectivity index (χ0n) is 19.0. The Morgan fingerprint density at radius 1 is 1.17 bits per heavy atom. The number of nitrogens with one attached hydrogen (secondary N) is 4. The van der Waals surface area contributed by atoms with Gasteiger partial charge in [-0.2, -0.15) is 5.26 Å². The normalized spacial score (nSPS) is 15.1. The molecule has 1 aliphatic rings. The fraction of sp³-hybridized carbons (Fsp3) is 0.231. The molecule has 0 saturated carbocycles. The zero-order chi connectivity index (χ0) is 24.6. The molecule has 178 valence electrons. The number of aromatic nitrogens is 1. The molecule has 0 spiro atoms. The number of benzene rings is 2. The van der Waals surface area contributed by atoms with Crippen LogP contribution in [0.25, 0.3) is 11.3 Å². The molecule has 9 heteroatoms. The maximum Gasteiger partial charge on any atom is 0.255 e. The second kappa shape index (κ2) is 11.2. The van der Waals surface area contributed by atoms with Crippen LogP contribution in [0.4, 0.5) is 10.2 Å². The first kappa shape index (κ1) is 23.9. The van der Waals surface area contributed by atoms with Gasteiger partial charge in [0.15, 0.2) is 0 Å². The summed E-state index contributed by atoms with van der Waals surface area (Å²) >= 11 is 0. The van der Waals surface area contributed by atoms with E-state index in [1.54, 1.807) is 36.4 Å². The molecule has 4 N–H and O–H groups in total. The van der Waals surface area contributed by atoms with E-state index in [9.17, 15) is 19.2 Å². The van der Waals surface area contributed by atoms with Crippen molar-refractivity contribution in [2.75, 3.05) is 31.5 Å². The van der Waals surface area contributed by atoms with Gasteiger partial charge in [0.05, 0.1) is 35.5 Å². The second-order valence-corrected chi connectivity index (χ2v) is 8.16. The van der Waals surface area contributed by atoms with E-state index < -0.39 is 0 Å². The van der Waals surface area contributed by atoms with Crippen LogP contribution in [-0.2, 0) is 11.2 Å². The summed E-state index contributed by atoms with van der Waals surface area (Å²) in [6.45, 7) is 1.51. The number of carbonyl (C=O) groups is 2. The molecule has 1 aromatic heterocycles. The Hall–Kier alpha value is -4.29. The van der Waals surface area contributed by atoms with E-state index in [0.717, 1.165) is 5.56 Å². The molecule has 2 heterocycles. The maximum atomic E-state index is 13.5. The Morgan fingerprint density at radius 2 is 2.03 bits per heavy atom. The molecule has 1 saturated heterocycles. The van der Waals surface area contributed by atoms with Gasteiger partial charge in [-0.25, -0.2) is 9.37 Å². The summed E-state index contributed by atoms with van der Waals surface area (Å²) in [6.07, 6.45) is 0.527. The van der Waals surface area contributed by atoms with Gasteiger partial charge in [0.1, 0.15) is 11.6 Å². The van der Waals surface area contributed by atoms with Crippen molar-refractivity contribution in [1.82, 2.24) is 20.9 Å². The minimum Gasteiger partial charge on any atom is -0.369 e. The summed E-state index contributed by atoms with van der Waals surface area (Å²) in [4.78, 5) is 29.2. The maximum absolute atomic E-state index is 13.5. The first-order valence-electron chi connectivity index (χ1n) is 11.3. The lowest BCUT2D eigenvalue weighted by Crippen LogP contribution is -2.56. The van der Waals surface area contributed by atoms with Crippen LogP contribution in [0.3, 0.4) is 0 Å². The van der Waals surface area contributed by atoms with E-state index in [1.807, 2.05) is 12.1 Å². The van der Waals surface area contributed by atoms with Crippen LogP contribution in [0.2, 0.25) is 0 Å². The first-order valence-corrected chi connectivity index (χ1v) is 11.3. The molecule has 0 bridgehead atoms. The van der Waals surface area contributed by atoms with Crippen LogP contribution < -0.4 is 21.3 Å². The first-order chi connectivity index (χ1) is 17.0. The minimum absolute atomic E-state index is 0.114. The predicted molar refractivity (Wildman–Crippen MR) is 130 cm³/mol. The Balaban J connectivity index is 1.54. The van der Waals surface area contributed by atoms with E-state index in [-0.39, 0.29) is 36.8 Å². The highest BCUT2D eigenvalue weighted by atomic mass is 19.1. The standard InChI is InChI=1S/C26H25FN6O2/c27-19-6-3-4-17(12-19)10-11-30-25-22(26(35)31-15-20-14-29-16-24(34)32-20)8-9-23(33-25)21-7-2-1-5-18(21)13-28/h1-9,12,20,29H,10-11,14-16H2,(H,30,33)(H,31,35)(H,32,34)/t20-/m0/s1. The van der Waals surface area contributed by atoms with Crippen LogP contribution in [0.5, 0.6) is 0 Å². The van der Waals surface area contributed by atoms with Gasteiger partial charge in [0, 0.05) is 25.2 Å². The summed E-state index contributed by atoms with van der Waals surface area (Å²) in [5.74, 6) is -0.405. The third kappa shape index (κ3) is 6.19. The molecule has 1 atom stereocenters. The second-order valence-electron chi connectivity index (χ2n) is 8.16. The Kier molecular flexibility index (Phi) is 7.65. The van der Waals surface area contributed by atoms with Crippen molar-refractivity contribution in [1.29, 1.82) is 5.26 Å². The van der Waals surface area contributed by atoms with E-state index in [2.05, 4.69) is 32.3 Å². The number of hydrogen-bond donors (Lipinski definition) is 4. The highest BCUT2D eigenvalue weighted by Crippen LogP contribution is 2.25. The van der Waals surface area contributed by atoms with Crippen molar-refractivity contribution < 1.29 is 14.0 Å². The molecule has 3 aromatic rings. The molecule has 2 aromatic carbocycles. The number of nitrogens with zero attached hydrogens (tertiary/aromatic N) is 2. The Labute approximate surface area is 202 Å². The van der Waals surface area contributed by atoms with Gasteiger partial charge in [0.2, 0.25) is 5.91 Å². The molecule has 1 aliphatic heterocycles. The number of amides is 2. The Morgan fingerprint density at radius 3 is 2.83 bits per heavy atom. The number of carbonyl (C=O) groups excluding carboxylic acids is 2. The predicted octanol–water partition coefficient (Wildman–Crippen LogP) is 2.23. The third-order valence-corrected chi connectivity index (χ3v) is 5.61. The number of pyridine rings is 1. The summed E-state index contributed by atoms with van der Waals surface area (Å²) < 4.78 is 13.5. The van der Waals surface area contributed by atoms with E-state index in [4.69, 9.17) is 0 Å². The fourth-order valence-electron chi connectivity index (χ4n) is 3.87. The zero-order valence-corrected chi connectivity index (χ0v) is 19.0. The van der Waals surface area contributed by atoms with Crippen molar-refractivity contribution in [2.45, 2.75) is 12.5 Å². The van der Waals surface area contributed by atoms with Gasteiger partial charge < -0.3 is 21.3 Å². The van der Waals surface area contributed by atoms with Gasteiger partial charge >= 0.3 is 0 Å². The van der Waals surface area contributed by atoms with Crippen molar-refractivity contribution in [3.8, 4) is 17.3 Å². The SMILES string of the molecule is N#Cc1ccccc1-c1ccc(C(=O)NC[C@@H]2CNCC(=O)N2)c(NCCc2cccc(F)c2)n1. The topological polar surface area (TPSA) is 119 Å². The molecular formula is C26H25FN6O2. The minimum atomic E-state index is -0.342. The highest BCUT2D eigenvalue weighted by molar-refractivity contribution is 5.99. The van der Waals surface area contributed by atoms with Gasteiger partial charge in [-0.3, -0.25) is 9.59 Å². The average Bonchev–Trinajstić information content (AvgIpc) is 2.87. The summed E-state index contributed by atoms with van der Waals surface area (Å²) in [7, 11) is 0. The summed E-state index contributed by atoms with van der Waals surface area (Å²) in [6, 6.07) is 18.8. The lowest BCUT2D eigenvalue weighted by Gasteiger charge is -2.24. The number of halogens is 1. The van der Waals surface area contributed by atoms with Gasteiger partial charge in [-0.1, -0.05) is 30.3 Å². The van der Waals surface area contributed by atoms with Crippen molar-refractivity contribution in [3.05, 3.63) is 83.2 Å². The van der Waals surface area contributed by atoms with Crippen LogP contribution >= 0.6 is 0 Å². The van der Waals surface area contributed by atoms with Crippen molar-refractivity contribution in [3.63, 3.8) is 0 Å². The largest absolute Gasteiger partial charge is 0.369 e. The highest BCUT2D eigenvalue weighted by Gasteiger charge is 2.20. The summed E-state index contributed by atoms with van der Waals surface area (Å²) in [5, 5.41) is 21.3. The molecule has 2 amide bonds. The molecule has 0 aliphatic carbocycles. The smallest absolute Gasteiger partial charge is 0.255 e. The molecule has 4 rings (SSSR count). The summed E-state index contributed by atoms with van der Waals surface area (Å²) in [5.41, 5.74) is 2.83. The third-order valence-electron chi connectivity index (χ3n) is 5.61. The quantitative estimate of drug-likeness (QED) is 0.399. The van der Waals surface area contributed by atoms with Crippen LogP contribution in [0.15, 0.2) is 60.7 Å². The molecule has 0 unspecified atom stereocenters. The number of anilines is 1. The number of nitriles is 1. The molecule has 1 fully saturated rings. The molecule has 35 heavy (non-hydrogen) atoms. The van der Waals surface area contributed by atoms with E-state index in [0.29, 0.717) is 47.7 Å². The van der Waals surface area contributed by atoms with Crippen LogP contribution in [0, 0.1) is 17.1 Å². The molecular weight excluding hydrogens is 447 g/mol. The van der Waals surface area contributed by atoms with Crippen LogP contribution in [0.1, 0.15) is 21.5 Å². The molecule has 0 radical (unpaired) electrons. The van der Waals surface area contributed by atoms with Gasteiger partial charge in [-0.05, 0) is 42.3 Å². The monoisotopic (exact) mass is 472 g/mol. The number of piperazine rings is 1. The van der Waals surface area contributed by atoms with Gasteiger partial charge in [0.25, 0.3) is 5.91 Å². The number of rotatable bonds is 8. The van der Waals surface area contributed by atoms with E-state index in [1.165, 1.54) is 12.1 Å². The van der Waals surface area contributed by atoms with Crippen molar-refractivity contribution >= 4 is 17.6 Å². The molecule has 8 nitrogen and oxygen atoms in total. The van der Waals surface area contributed by atoms with E-state index >= 15 is 0 Å². The van der Waals surface area contributed by atoms with Gasteiger partial charge in [-0.15, -0.1) is 0 Å². The van der Waals surface area contributed by atoms with Crippen LogP contribution in [-0.4, -0.2) is 49.0 Å². The number of hydrogen-bond acceptors (Lipinski definition) is 6. The fourth-order valence-corrected chi connectivity index (χ4v) is 3.87. The Bertz CT molecular complexity index is 1270. The van der Waals surface area contributed by atoms with Crippen molar-refractivity contribution in [2.24, 2.45) is 0 Å². The lowest BCUT2D eigenvalue weighted by atomic mass is 10.0.